The Hall–Kier alpha value is -2.63. The van der Waals surface area contributed by atoms with Crippen LogP contribution in [-0.4, -0.2) is 47.5 Å². The van der Waals surface area contributed by atoms with Gasteiger partial charge in [0.1, 0.15) is 12.4 Å². The summed E-state index contributed by atoms with van der Waals surface area (Å²) in [5.74, 6) is 0.721. The molecule has 1 aromatic heterocycles. The zero-order chi connectivity index (χ0) is 20.2. The second-order valence-electron chi connectivity index (χ2n) is 7.75. The predicted molar refractivity (Wildman–Crippen MR) is 117 cm³/mol. The van der Waals surface area contributed by atoms with Crippen LogP contribution in [0.15, 0.2) is 53.3 Å². The van der Waals surface area contributed by atoms with Crippen LogP contribution in [-0.2, 0) is 13.2 Å². The summed E-state index contributed by atoms with van der Waals surface area (Å²) in [5.41, 5.74) is 3.90. The van der Waals surface area contributed by atoms with Crippen LogP contribution in [0.25, 0.3) is 10.9 Å². The van der Waals surface area contributed by atoms with Crippen molar-refractivity contribution >= 4 is 10.9 Å². The van der Waals surface area contributed by atoms with Crippen LogP contribution in [0.4, 0.5) is 0 Å². The second-order valence-corrected chi connectivity index (χ2v) is 7.75. The van der Waals surface area contributed by atoms with Gasteiger partial charge in [-0.3, -0.25) is 9.69 Å². The lowest BCUT2D eigenvalue weighted by molar-refractivity contribution is 0.131. The van der Waals surface area contributed by atoms with E-state index in [1.54, 1.807) is 0 Å². The molecule has 2 aromatic carbocycles. The van der Waals surface area contributed by atoms with Gasteiger partial charge in [0.2, 0.25) is 0 Å². The molecule has 0 aliphatic carbocycles. The standard InChI is InChI=1S/C24H29N3O2/c1-3-26-11-13-27(14-12-26)16-22-18(2)25-23-10-9-20(15-21(23)24(22)28)29-17-19-7-5-4-6-8-19/h4-10,15H,3,11-14,16-17H2,1-2H3,(H,25,28). The van der Waals surface area contributed by atoms with Crippen molar-refractivity contribution in [1.82, 2.24) is 14.8 Å². The Balaban J connectivity index is 1.55. The number of pyridine rings is 1. The number of likely N-dealkylation sites (N-methyl/N-ethyl adjacent to an activating group) is 1. The number of piperazine rings is 1. The SMILES string of the molecule is CCN1CCN(Cc2c(C)[nH]c3ccc(OCc4ccccc4)cc3c2=O)CC1. The molecule has 0 saturated carbocycles. The van der Waals surface area contributed by atoms with E-state index in [0.717, 1.165) is 60.8 Å². The number of nitrogens with zero attached hydrogens (tertiary/aromatic N) is 2. The van der Waals surface area contributed by atoms with Gasteiger partial charge in [0, 0.05) is 54.9 Å². The van der Waals surface area contributed by atoms with Crippen molar-refractivity contribution in [2.45, 2.75) is 27.0 Å². The number of hydrogen-bond acceptors (Lipinski definition) is 4. The largest absolute Gasteiger partial charge is 0.489 e. The average Bonchev–Trinajstić information content (AvgIpc) is 2.76. The fourth-order valence-corrected chi connectivity index (χ4v) is 3.94. The summed E-state index contributed by atoms with van der Waals surface area (Å²) in [6.45, 7) is 10.6. The van der Waals surface area contributed by atoms with Crippen LogP contribution in [0.5, 0.6) is 5.75 Å². The molecule has 3 aromatic rings. The highest BCUT2D eigenvalue weighted by Gasteiger charge is 2.19. The number of ether oxygens (including phenoxy) is 1. The van der Waals surface area contributed by atoms with E-state index >= 15 is 0 Å². The molecule has 1 N–H and O–H groups in total. The molecule has 5 heteroatoms. The lowest BCUT2D eigenvalue weighted by atomic mass is 10.1. The maximum atomic E-state index is 13.3. The Kier molecular flexibility index (Phi) is 5.97. The first-order valence-corrected chi connectivity index (χ1v) is 10.4. The number of rotatable bonds is 6. The number of H-pyrrole nitrogens is 1. The van der Waals surface area contributed by atoms with Gasteiger partial charge in [0.05, 0.1) is 0 Å². The zero-order valence-corrected chi connectivity index (χ0v) is 17.3. The molecule has 0 bridgehead atoms. The molecule has 4 rings (SSSR count). The lowest BCUT2D eigenvalue weighted by Crippen LogP contribution is -2.46. The molecule has 0 atom stereocenters. The van der Waals surface area contributed by atoms with Crippen molar-refractivity contribution in [3.8, 4) is 5.75 Å². The summed E-state index contributed by atoms with van der Waals surface area (Å²) >= 11 is 0. The molecule has 1 saturated heterocycles. The molecular formula is C24H29N3O2. The van der Waals surface area contributed by atoms with Crippen LogP contribution in [0, 0.1) is 6.92 Å². The Bertz CT molecular complexity index is 1020. The number of aromatic nitrogens is 1. The van der Waals surface area contributed by atoms with E-state index < -0.39 is 0 Å². The highest BCUT2D eigenvalue weighted by Crippen LogP contribution is 2.20. The third kappa shape index (κ3) is 4.52. The van der Waals surface area contributed by atoms with E-state index in [1.165, 1.54) is 0 Å². The van der Waals surface area contributed by atoms with E-state index in [-0.39, 0.29) is 5.43 Å². The number of benzene rings is 2. The number of nitrogens with one attached hydrogen (secondary N) is 1. The Morgan fingerprint density at radius 3 is 2.45 bits per heavy atom. The number of aryl methyl sites for hydroxylation is 1. The van der Waals surface area contributed by atoms with Gasteiger partial charge in [0.25, 0.3) is 0 Å². The van der Waals surface area contributed by atoms with Crippen molar-refractivity contribution in [2.75, 3.05) is 32.7 Å². The molecule has 29 heavy (non-hydrogen) atoms. The minimum atomic E-state index is 0.110. The topological polar surface area (TPSA) is 48.6 Å². The number of aromatic amines is 1. The van der Waals surface area contributed by atoms with Gasteiger partial charge in [-0.25, -0.2) is 0 Å². The van der Waals surface area contributed by atoms with Crippen molar-refractivity contribution < 1.29 is 4.74 Å². The summed E-state index contributed by atoms with van der Waals surface area (Å²) in [7, 11) is 0. The van der Waals surface area contributed by atoms with E-state index in [2.05, 4.69) is 21.7 Å². The average molecular weight is 392 g/mol. The minimum absolute atomic E-state index is 0.110. The smallest absolute Gasteiger partial charge is 0.194 e. The van der Waals surface area contributed by atoms with E-state index in [4.69, 9.17) is 4.74 Å². The van der Waals surface area contributed by atoms with E-state index in [9.17, 15) is 4.79 Å². The summed E-state index contributed by atoms with van der Waals surface area (Å²) in [5, 5.41) is 0.698. The highest BCUT2D eigenvalue weighted by molar-refractivity contribution is 5.81. The first-order chi connectivity index (χ1) is 14.1. The molecule has 0 unspecified atom stereocenters. The van der Waals surface area contributed by atoms with Gasteiger partial charge in [-0.2, -0.15) is 0 Å². The first-order valence-electron chi connectivity index (χ1n) is 10.4. The van der Waals surface area contributed by atoms with Gasteiger partial charge in [-0.15, -0.1) is 0 Å². The van der Waals surface area contributed by atoms with Gasteiger partial charge in [-0.05, 0) is 37.2 Å². The van der Waals surface area contributed by atoms with Crippen molar-refractivity contribution in [2.24, 2.45) is 0 Å². The fraction of sp³-hybridized carbons (Fsp3) is 0.375. The summed E-state index contributed by atoms with van der Waals surface area (Å²) in [4.78, 5) is 21.5. The van der Waals surface area contributed by atoms with Crippen molar-refractivity contribution in [3.63, 3.8) is 0 Å². The Morgan fingerprint density at radius 1 is 1.00 bits per heavy atom. The maximum Gasteiger partial charge on any atom is 0.194 e. The van der Waals surface area contributed by atoms with Crippen LogP contribution in [0.2, 0.25) is 0 Å². The summed E-state index contributed by atoms with van der Waals surface area (Å²) in [6, 6.07) is 15.8. The molecule has 2 heterocycles. The van der Waals surface area contributed by atoms with Gasteiger partial charge >= 0.3 is 0 Å². The molecule has 0 amide bonds. The highest BCUT2D eigenvalue weighted by atomic mass is 16.5. The third-order valence-corrected chi connectivity index (χ3v) is 5.83. The van der Waals surface area contributed by atoms with Crippen LogP contribution in [0.3, 0.4) is 0 Å². The summed E-state index contributed by atoms with van der Waals surface area (Å²) in [6.07, 6.45) is 0. The van der Waals surface area contributed by atoms with Gasteiger partial charge in [0.15, 0.2) is 5.43 Å². The quantitative estimate of drug-likeness (QED) is 0.698. The molecule has 1 fully saturated rings. The Labute approximate surface area is 171 Å². The van der Waals surface area contributed by atoms with Crippen molar-refractivity contribution in [1.29, 1.82) is 0 Å². The van der Waals surface area contributed by atoms with E-state index in [1.807, 2.05) is 55.5 Å². The predicted octanol–water partition coefficient (Wildman–Crippen LogP) is 3.55. The van der Waals surface area contributed by atoms with Crippen LogP contribution < -0.4 is 10.2 Å². The van der Waals surface area contributed by atoms with Crippen LogP contribution >= 0.6 is 0 Å². The number of hydrogen-bond donors (Lipinski definition) is 1. The van der Waals surface area contributed by atoms with Crippen LogP contribution in [0.1, 0.15) is 23.7 Å². The fourth-order valence-electron chi connectivity index (χ4n) is 3.94. The normalized spacial score (nSPS) is 15.7. The lowest BCUT2D eigenvalue weighted by Gasteiger charge is -2.34. The molecule has 5 nitrogen and oxygen atoms in total. The molecule has 152 valence electrons. The monoisotopic (exact) mass is 391 g/mol. The maximum absolute atomic E-state index is 13.3. The molecule has 1 aliphatic rings. The summed E-state index contributed by atoms with van der Waals surface area (Å²) < 4.78 is 5.93. The number of fused-ring (bicyclic) bond motifs is 1. The second kappa shape index (κ2) is 8.80. The Morgan fingerprint density at radius 2 is 1.72 bits per heavy atom. The van der Waals surface area contributed by atoms with E-state index in [0.29, 0.717) is 18.5 Å². The zero-order valence-electron chi connectivity index (χ0n) is 17.3. The minimum Gasteiger partial charge on any atom is -0.489 e. The molecule has 0 radical (unpaired) electrons. The van der Waals surface area contributed by atoms with Gasteiger partial charge in [-0.1, -0.05) is 37.3 Å². The first kappa shape index (κ1) is 19.7. The van der Waals surface area contributed by atoms with Crippen molar-refractivity contribution in [3.05, 3.63) is 75.6 Å². The molecule has 0 spiro atoms. The van der Waals surface area contributed by atoms with Gasteiger partial charge < -0.3 is 14.6 Å². The third-order valence-electron chi connectivity index (χ3n) is 5.83. The molecule has 1 aliphatic heterocycles. The molecular weight excluding hydrogens is 362 g/mol.